The molecule has 2 bridgehead atoms. The van der Waals surface area contributed by atoms with Gasteiger partial charge in [-0.2, -0.15) is 17.2 Å². The Morgan fingerprint density at radius 1 is 1.11 bits per heavy atom. The summed E-state index contributed by atoms with van der Waals surface area (Å²) in [5.41, 5.74) is -0.649. The zero-order chi connectivity index (χ0) is 26.1. The highest BCUT2D eigenvalue weighted by Crippen LogP contribution is 2.61. The molecule has 198 valence electrons. The third-order valence-corrected chi connectivity index (χ3v) is 10.3. The number of hydrogen-bond donors (Lipinski definition) is 1. The van der Waals surface area contributed by atoms with Crippen molar-refractivity contribution in [1.82, 2.24) is 4.90 Å². The molecule has 0 aromatic carbocycles. The molecule has 4 fully saturated rings. The molecule has 13 heteroatoms. The van der Waals surface area contributed by atoms with Crippen molar-refractivity contribution >= 4 is 39.7 Å². The highest BCUT2D eigenvalue weighted by atomic mass is 32.2. The molecule has 3 saturated heterocycles. The van der Waals surface area contributed by atoms with E-state index in [1.54, 1.807) is 4.90 Å². The Morgan fingerprint density at radius 2 is 1.71 bits per heavy atom. The molecule has 1 amide bonds. The highest BCUT2D eigenvalue weighted by molar-refractivity contribution is 8.01. The number of rotatable bonds is 6. The van der Waals surface area contributed by atoms with E-state index < -0.39 is 67.5 Å². The summed E-state index contributed by atoms with van der Waals surface area (Å²) in [6.45, 7) is 6.15. The van der Waals surface area contributed by atoms with Crippen molar-refractivity contribution in [2.24, 2.45) is 17.8 Å². The molecule has 3 aliphatic heterocycles. The minimum absolute atomic E-state index is 0.261. The molecule has 0 radical (unpaired) electrons. The first kappa shape index (κ1) is 26.6. The van der Waals surface area contributed by atoms with Gasteiger partial charge >= 0.3 is 27.3 Å². The van der Waals surface area contributed by atoms with Crippen LogP contribution in [0.25, 0.3) is 0 Å². The largest absolute Gasteiger partial charge is 0.459 e. The Labute approximate surface area is 207 Å². The van der Waals surface area contributed by atoms with E-state index in [-0.39, 0.29) is 17.8 Å². The number of likely N-dealkylation sites (tertiary alicyclic amines) is 1. The predicted molar refractivity (Wildman–Crippen MR) is 121 cm³/mol. The molecule has 1 N–H and O–H groups in total. The van der Waals surface area contributed by atoms with Crippen LogP contribution in [0.3, 0.4) is 0 Å². The van der Waals surface area contributed by atoms with Crippen LogP contribution < -0.4 is 0 Å². The van der Waals surface area contributed by atoms with E-state index in [9.17, 15) is 31.6 Å². The van der Waals surface area contributed by atoms with Crippen molar-refractivity contribution < 1.29 is 45.6 Å². The van der Waals surface area contributed by atoms with E-state index in [2.05, 4.69) is 0 Å². The zero-order valence-corrected chi connectivity index (χ0v) is 21.6. The van der Waals surface area contributed by atoms with Crippen LogP contribution in [0.2, 0.25) is 0 Å². The van der Waals surface area contributed by atoms with Crippen molar-refractivity contribution in [3.05, 3.63) is 0 Å². The van der Waals surface area contributed by atoms with E-state index in [0.29, 0.717) is 19.8 Å². The fourth-order valence-electron chi connectivity index (χ4n) is 5.91. The normalized spacial score (nSPS) is 34.3. The molecule has 3 heterocycles. The molecule has 0 aromatic heterocycles. The summed E-state index contributed by atoms with van der Waals surface area (Å²) in [5.74, 6) is -4.22. The number of nitrogens with zero attached hydrogens (tertiary/aromatic N) is 1. The number of esters is 2. The average molecular weight is 540 g/mol. The van der Waals surface area contributed by atoms with Crippen molar-refractivity contribution in [2.75, 3.05) is 0 Å². The summed E-state index contributed by atoms with van der Waals surface area (Å²) in [5, 5.41) is -5.82. The molecular weight excluding hydrogens is 508 g/mol. The van der Waals surface area contributed by atoms with E-state index in [1.165, 1.54) is 11.8 Å². The van der Waals surface area contributed by atoms with Gasteiger partial charge in [-0.25, -0.2) is 0 Å². The van der Waals surface area contributed by atoms with E-state index in [4.69, 9.17) is 14.0 Å². The number of carbonyl (C=O) groups is 3. The molecule has 35 heavy (non-hydrogen) atoms. The van der Waals surface area contributed by atoms with Gasteiger partial charge in [0.25, 0.3) is 0 Å². The monoisotopic (exact) mass is 539 g/mol. The number of hydrogen-bond acceptors (Lipinski definition) is 8. The predicted octanol–water partition coefficient (Wildman–Crippen LogP) is 2.63. The summed E-state index contributed by atoms with van der Waals surface area (Å²) in [4.78, 5) is 41.1. The lowest BCUT2D eigenvalue weighted by molar-refractivity contribution is -0.171. The number of thioether (sulfide) groups is 1. The van der Waals surface area contributed by atoms with Crippen LogP contribution >= 0.6 is 11.8 Å². The van der Waals surface area contributed by atoms with Crippen molar-refractivity contribution in [2.45, 2.75) is 99.3 Å². The summed E-state index contributed by atoms with van der Waals surface area (Å²) < 4.78 is 69.8. The number of carbonyl (C=O) groups excluding carboxylic acids is 3. The maximum Gasteiger partial charge on any atom is 0.405 e. The molecule has 1 aliphatic carbocycles. The molecule has 0 spiro atoms. The van der Waals surface area contributed by atoms with Crippen molar-refractivity contribution in [3.63, 3.8) is 0 Å². The molecule has 7 unspecified atom stereocenters. The molecule has 4 rings (SSSR count). The Kier molecular flexibility index (Phi) is 6.71. The third-order valence-electron chi connectivity index (χ3n) is 7.52. The molecular formula is C22H31F2NO8S2. The lowest BCUT2D eigenvalue weighted by Gasteiger charge is -2.40. The van der Waals surface area contributed by atoms with E-state index >= 15 is 0 Å². The number of alkyl halides is 2. The van der Waals surface area contributed by atoms with Gasteiger partial charge in [-0.1, -0.05) is 19.3 Å². The van der Waals surface area contributed by atoms with Gasteiger partial charge in [0.1, 0.15) is 6.10 Å². The van der Waals surface area contributed by atoms with Crippen LogP contribution in [0, 0.1) is 17.8 Å². The quantitative estimate of drug-likeness (QED) is 0.400. The first-order chi connectivity index (χ1) is 16.1. The summed E-state index contributed by atoms with van der Waals surface area (Å²) in [6.07, 6.45) is 0.978. The fraction of sp³-hybridized carbons (Fsp3) is 0.864. The zero-order valence-electron chi connectivity index (χ0n) is 20.0. The van der Waals surface area contributed by atoms with Crippen LogP contribution in [-0.2, 0) is 34.0 Å². The smallest absolute Gasteiger partial charge is 0.405 e. The van der Waals surface area contributed by atoms with Crippen molar-refractivity contribution in [3.8, 4) is 0 Å². The number of halogens is 2. The molecule has 4 aliphatic rings. The van der Waals surface area contributed by atoms with E-state index in [1.807, 2.05) is 20.8 Å². The Hall–Kier alpha value is -1.47. The van der Waals surface area contributed by atoms with E-state index in [0.717, 1.165) is 19.3 Å². The lowest BCUT2D eigenvalue weighted by atomic mass is 9.78. The van der Waals surface area contributed by atoms with Crippen LogP contribution in [0.4, 0.5) is 8.78 Å². The number of fused-ring (bicyclic) bond motifs is 1. The SMILES string of the molecule is CC(OC(=O)C1C2SC3C1C(=O)N(C(C)(C)C)C3C2OC(=O)C1CCCCC1)C(F)(F)S(=O)(=O)O. The Bertz CT molecular complexity index is 1010. The Balaban J connectivity index is 1.61. The van der Waals surface area contributed by atoms with Gasteiger partial charge in [0, 0.05) is 10.8 Å². The fourth-order valence-corrected chi connectivity index (χ4v) is 8.45. The number of amides is 1. The summed E-state index contributed by atoms with van der Waals surface area (Å²) in [6, 6.07) is -0.462. The van der Waals surface area contributed by atoms with Gasteiger partial charge in [0.2, 0.25) is 5.91 Å². The van der Waals surface area contributed by atoms with Gasteiger partial charge < -0.3 is 14.4 Å². The van der Waals surface area contributed by atoms with Crippen LogP contribution in [-0.4, -0.2) is 75.3 Å². The summed E-state index contributed by atoms with van der Waals surface area (Å²) in [7, 11) is -5.83. The lowest BCUT2D eigenvalue weighted by Crippen LogP contribution is -2.55. The van der Waals surface area contributed by atoms with Gasteiger partial charge in [-0.3, -0.25) is 18.9 Å². The maximum atomic E-state index is 14.0. The molecule has 7 atom stereocenters. The van der Waals surface area contributed by atoms with Gasteiger partial charge in [-0.15, -0.1) is 11.8 Å². The van der Waals surface area contributed by atoms with Crippen LogP contribution in [0.5, 0.6) is 0 Å². The molecule has 0 aromatic rings. The maximum absolute atomic E-state index is 14.0. The Morgan fingerprint density at radius 3 is 2.26 bits per heavy atom. The van der Waals surface area contributed by atoms with Gasteiger partial charge in [0.05, 0.1) is 29.0 Å². The average Bonchev–Trinajstić information content (AvgIpc) is 3.35. The second-order valence-corrected chi connectivity index (χ2v) is 13.7. The van der Waals surface area contributed by atoms with Gasteiger partial charge in [0.15, 0.2) is 6.10 Å². The standard InChI is InChI=1S/C22H31F2NO8S2/c1-10(22(23,24)35(29,30)31)32-20(28)13-12-16-14(25(18(12)26)21(2,3)4)15(17(13)34-16)33-19(27)11-8-6-5-7-9-11/h10-17H,5-9H2,1-4H3,(H,29,30,31). The highest BCUT2D eigenvalue weighted by Gasteiger charge is 2.73. The number of ether oxygens (including phenoxy) is 2. The second kappa shape index (κ2) is 8.83. The van der Waals surface area contributed by atoms with Crippen molar-refractivity contribution in [1.29, 1.82) is 0 Å². The second-order valence-electron chi connectivity index (χ2n) is 10.8. The molecule has 1 saturated carbocycles. The minimum atomic E-state index is -5.83. The topological polar surface area (TPSA) is 127 Å². The first-order valence-electron chi connectivity index (χ1n) is 11.8. The molecule has 9 nitrogen and oxygen atoms in total. The van der Waals surface area contributed by atoms with Crippen LogP contribution in [0.15, 0.2) is 0 Å². The van der Waals surface area contributed by atoms with Crippen LogP contribution in [0.1, 0.15) is 59.8 Å². The first-order valence-corrected chi connectivity index (χ1v) is 14.2. The summed E-state index contributed by atoms with van der Waals surface area (Å²) >= 11 is 1.31. The third kappa shape index (κ3) is 4.35. The minimum Gasteiger partial charge on any atom is -0.459 e. The van der Waals surface area contributed by atoms with Gasteiger partial charge in [-0.05, 0) is 40.5 Å².